The predicted molar refractivity (Wildman–Crippen MR) is 152 cm³/mol. The van der Waals surface area contributed by atoms with Gasteiger partial charge in [-0.3, -0.25) is 24.6 Å². The molecule has 11 heteroatoms. The molecule has 0 spiro atoms. The number of benzene rings is 1. The molecule has 0 bridgehead atoms. The normalized spacial score (nSPS) is 15.8. The van der Waals surface area contributed by atoms with Crippen LogP contribution in [0.3, 0.4) is 0 Å². The Morgan fingerprint density at radius 2 is 1.88 bits per heavy atom. The number of carbonyl (C=O) groups is 2. The fourth-order valence-corrected chi connectivity index (χ4v) is 6.00. The summed E-state index contributed by atoms with van der Waals surface area (Å²) in [5.74, 6) is 0.0906. The third-order valence-corrected chi connectivity index (χ3v) is 8.40. The third-order valence-electron chi connectivity index (χ3n) is 7.24. The van der Waals surface area contributed by atoms with Gasteiger partial charge in [-0.05, 0) is 42.7 Å². The van der Waals surface area contributed by atoms with E-state index in [9.17, 15) is 9.59 Å². The van der Waals surface area contributed by atoms with Gasteiger partial charge in [-0.25, -0.2) is 9.18 Å². The molecular weight excluding hydrogens is 531 g/mol. The zero-order chi connectivity index (χ0) is 27.8. The van der Waals surface area contributed by atoms with Crippen LogP contribution in [0.4, 0.5) is 14.9 Å². The monoisotopic (exact) mass is 560 g/mol. The molecule has 2 fully saturated rings. The van der Waals surface area contributed by atoms with Gasteiger partial charge in [-0.2, -0.15) is 0 Å². The summed E-state index contributed by atoms with van der Waals surface area (Å²) in [6.07, 6.45) is 5.23. The topological polar surface area (TPSA) is 105 Å². The number of nitrogens with two attached hydrogens (primary N) is 1. The third kappa shape index (κ3) is 5.47. The SMILES string of the molecule is CC(=O)N1CCN(Cc2ccc(-c3cc4nccc(Oc5ccc(N(C(N)=O)C6CC6)cc5F)c4s3)nc2)CC1. The highest BCUT2D eigenvalue weighted by Gasteiger charge is 2.33. The number of nitrogens with zero attached hydrogens (tertiary/aromatic N) is 5. The molecule has 1 aromatic carbocycles. The molecule has 1 aliphatic heterocycles. The molecule has 206 valence electrons. The molecule has 4 aromatic rings. The average molecular weight is 561 g/mol. The number of pyridine rings is 2. The summed E-state index contributed by atoms with van der Waals surface area (Å²) in [4.78, 5) is 39.1. The van der Waals surface area contributed by atoms with Crippen molar-refractivity contribution in [3.8, 4) is 22.1 Å². The van der Waals surface area contributed by atoms with Crippen LogP contribution in [0.1, 0.15) is 25.3 Å². The second-order valence-corrected chi connectivity index (χ2v) is 11.2. The highest BCUT2D eigenvalue weighted by molar-refractivity contribution is 7.22. The van der Waals surface area contributed by atoms with Crippen molar-refractivity contribution in [1.82, 2.24) is 19.8 Å². The number of anilines is 1. The molecule has 2 aliphatic rings. The van der Waals surface area contributed by atoms with Crippen LogP contribution in [0.5, 0.6) is 11.5 Å². The van der Waals surface area contributed by atoms with E-state index in [1.807, 2.05) is 23.2 Å². The molecule has 1 saturated carbocycles. The number of primary amides is 1. The van der Waals surface area contributed by atoms with Gasteiger partial charge >= 0.3 is 6.03 Å². The molecule has 0 atom stereocenters. The molecule has 40 heavy (non-hydrogen) atoms. The van der Waals surface area contributed by atoms with Crippen molar-refractivity contribution in [2.75, 3.05) is 31.1 Å². The van der Waals surface area contributed by atoms with Crippen molar-refractivity contribution in [3.63, 3.8) is 0 Å². The van der Waals surface area contributed by atoms with E-state index < -0.39 is 11.8 Å². The fraction of sp³-hybridized carbons (Fsp3) is 0.310. The fourth-order valence-electron chi connectivity index (χ4n) is 4.96. The standard InChI is InChI=1S/C29H29FN6O3S/c1-18(37)35-12-10-34(11-13-35)17-19-2-6-23(33-16-19)27-15-24-28(40-27)26(8-9-32-24)39-25-7-5-21(14-22(25)30)36(29(31)38)20-3-4-20/h2,5-9,14-16,20H,3-4,10-13,17H2,1H3,(H2,31,38). The number of piperazine rings is 1. The Morgan fingerprint density at radius 3 is 2.52 bits per heavy atom. The molecule has 0 unspecified atom stereocenters. The number of carbonyl (C=O) groups excluding carboxylic acids is 2. The van der Waals surface area contributed by atoms with Gasteiger partial charge in [0.05, 0.1) is 20.8 Å². The number of urea groups is 1. The number of aromatic nitrogens is 2. The molecule has 6 rings (SSSR count). The first-order valence-corrected chi connectivity index (χ1v) is 14.0. The van der Waals surface area contributed by atoms with Crippen LogP contribution >= 0.6 is 11.3 Å². The van der Waals surface area contributed by atoms with E-state index in [1.54, 1.807) is 25.3 Å². The molecule has 9 nitrogen and oxygen atoms in total. The maximum atomic E-state index is 15.0. The van der Waals surface area contributed by atoms with Crippen molar-refractivity contribution in [2.45, 2.75) is 32.4 Å². The van der Waals surface area contributed by atoms with Gasteiger partial charge in [0.1, 0.15) is 5.75 Å². The minimum atomic E-state index is -0.591. The van der Waals surface area contributed by atoms with Crippen LogP contribution in [-0.4, -0.2) is 63.9 Å². The van der Waals surface area contributed by atoms with Crippen LogP contribution in [-0.2, 0) is 11.3 Å². The lowest BCUT2D eigenvalue weighted by Crippen LogP contribution is -2.47. The minimum absolute atomic E-state index is 0.0270. The van der Waals surface area contributed by atoms with E-state index in [0.29, 0.717) is 11.4 Å². The summed E-state index contributed by atoms with van der Waals surface area (Å²) in [7, 11) is 0. The van der Waals surface area contributed by atoms with Crippen molar-refractivity contribution in [1.29, 1.82) is 0 Å². The van der Waals surface area contributed by atoms with Crippen LogP contribution < -0.4 is 15.4 Å². The molecule has 1 saturated heterocycles. The first-order chi connectivity index (χ1) is 19.4. The van der Waals surface area contributed by atoms with E-state index in [1.165, 1.54) is 28.4 Å². The number of halogens is 1. The van der Waals surface area contributed by atoms with Crippen molar-refractivity contribution < 1.29 is 18.7 Å². The Balaban J connectivity index is 1.17. The summed E-state index contributed by atoms with van der Waals surface area (Å²) in [5.41, 5.74) is 8.59. The Morgan fingerprint density at radius 1 is 1.07 bits per heavy atom. The molecule has 3 amide bonds. The molecule has 3 aromatic heterocycles. The molecular formula is C29H29FN6O3S. The van der Waals surface area contributed by atoms with Gasteiger partial charge in [0.25, 0.3) is 0 Å². The summed E-state index contributed by atoms with van der Waals surface area (Å²) < 4.78 is 21.8. The van der Waals surface area contributed by atoms with E-state index in [-0.39, 0.29) is 17.7 Å². The number of ether oxygens (including phenoxy) is 1. The lowest BCUT2D eigenvalue weighted by Gasteiger charge is -2.34. The Labute approximate surface area is 235 Å². The van der Waals surface area contributed by atoms with E-state index in [0.717, 1.165) is 71.9 Å². The quantitative estimate of drug-likeness (QED) is 0.341. The van der Waals surface area contributed by atoms with Gasteiger partial charge in [0.2, 0.25) is 5.91 Å². The lowest BCUT2D eigenvalue weighted by molar-refractivity contribution is -0.130. The Hall–Kier alpha value is -4.09. The highest BCUT2D eigenvalue weighted by atomic mass is 32.1. The smallest absolute Gasteiger partial charge is 0.319 e. The molecule has 1 aliphatic carbocycles. The van der Waals surface area contributed by atoms with Gasteiger partial charge in [0, 0.05) is 75.9 Å². The van der Waals surface area contributed by atoms with E-state index >= 15 is 4.39 Å². The molecule has 4 heterocycles. The van der Waals surface area contributed by atoms with Crippen molar-refractivity contribution >= 4 is 39.2 Å². The van der Waals surface area contributed by atoms with Crippen LogP contribution in [0.2, 0.25) is 0 Å². The van der Waals surface area contributed by atoms with Gasteiger partial charge in [-0.1, -0.05) is 6.07 Å². The highest BCUT2D eigenvalue weighted by Crippen LogP contribution is 2.40. The van der Waals surface area contributed by atoms with Gasteiger partial charge in [-0.15, -0.1) is 11.3 Å². The zero-order valence-electron chi connectivity index (χ0n) is 22.0. The largest absolute Gasteiger partial charge is 0.453 e. The first-order valence-electron chi connectivity index (χ1n) is 13.2. The van der Waals surface area contributed by atoms with Gasteiger partial charge in [0.15, 0.2) is 11.6 Å². The number of hydrogen-bond acceptors (Lipinski definition) is 7. The maximum absolute atomic E-state index is 15.0. The average Bonchev–Trinajstić information content (AvgIpc) is 3.67. The number of hydrogen-bond donors (Lipinski definition) is 1. The first kappa shape index (κ1) is 26.1. The Bertz CT molecular complexity index is 1560. The molecule has 2 N–H and O–H groups in total. The summed E-state index contributed by atoms with van der Waals surface area (Å²) in [6, 6.07) is 11.6. The second kappa shape index (κ2) is 10.8. The van der Waals surface area contributed by atoms with Crippen molar-refractivity contribution in [2.24, 2.45) is 5.73 Å². The van der Waals surface area contributed by atoms with E-state index in [4.69, 9.17) is 10.5 Å². The number of thiophene rings is 1. The van der Waals surface area contributed by atoms with Crippen molar-refractivity contribution in [3.05, 3.63) is 66.2 Å². The van der Waals surface area contributed by atoms with Gasteiger partial charge < -0.3 is 15.4 Å². The predicted octanol–water partition coefficient (Wildman–Crippen LogP) is 5.00. The number of amides is 3. The maximum Gasteiger partial charge on any atom is 0.319 e. The lowest BCUT2D eigenvalue weighted by atomic mass is 10.2. The van der Waals surface area contributed by atoms with E-state index in [2.05, 4.69) is 20.9 Å². The van der Waals surface area contributed by atoms with Crippen LogP contribution in [0, 0.1) is 5.82 Å². The van der Waals surface area contributed by atoms with Crippen LogP contribution in [0.15, 0.2) is 54.9 Å². The second-order valence-electron chi connectivity index (χ2n) is 10.1. The summed E-state index contributed by atoms with van der Waals surface area (Å²) >= 11 is 1.48. The minimum Gasteiger partial charge on any atom is -0.453 e. The van der Waals surface area contributed by atoms with Crippen LogP contribution in [0.25, 0.3) is 20.8 Å². The summed E-state index contributed by atoms with van der Waals surface area (Å²) in [6.45, 7) is 5.59. The molecule has 0 radical (unpaired) electrons. The summed E-state index contributed by atoms with van der Waals surface area (Å²) in [5, 5.41) is 0. The number of rotatable bonds is 7. The number of fused-ring (bicyclic) bond motifs is 1. The Kier molecular flexibility index (Phi) is 7.07. The zero-order valence-corrected chi connectivity index (χ0v) is 22.9.